The summed E-state index contributed by atoms with van der Waals surface area (Å²) in [6.45, 7) is 3.55. The molecule has 0 aromatic rings. The smallest absolute Gasteiger partial charge is 0.269 e. The van der Waals surface area contributed by atoms with Crippen molar-refractivity contribution >= 4 is 19.4 Å². The molecule has 0 aliphatic rings. The molecule has 0 fully saturated rings. The number of hydrogen-bond acceptors (Lipinski definition) is 8. The van der Waals surface area contributed by atoms with Crippen LogP contribution >= 0.6 is 7.82 Å². The van der Waals surface area contributed by atoms with Crippen molar-refractivity contribution in [2.24, 2.45) is 0 Å². The number of aliphatic hydroxyl groups excluding tert-OH is 2. The summed E-state index contributed by atoms with van der Waals surface area (Å²) in [7, 11) is 0.424. The Morgan fingerprint density at radius 2 is 1.00 bits per heavy atom. The zero-order chi connectivity index (χ0) is 34.7. The van der Waals surface area contributed by atoms with Gasteiger partial charge in [-0.05, 0) is 12.8 Å². The van der Waals surface area contributed by atoms with E-state index in [-0.39, 0.29) is 19.4 Å². The Hall–Kier alpha value is -0.670. The lowest BCUT2D eigenvalue weighted by Crippen LogP contribution is -2.59. The van der Waals surface area contributed by atoms with E-state index in [1.54, 1.807) is 0 Å². The molecular weight excluding hydrogens is 605 g/mol. The maximum Gasteiger partial charge on any atom is 0.269 e. The van der Waals surface area contributed by atoms with E-state index in [4.69, 9.17) is 9.05 Å². The highest BCUT2D eigenvalue weighted by Gasteiger charge is 2.53. The van der Waals surface area contributed by atoms with Crippen molar-refractivity contribution in [2.45, 2.75) is 180 Å². The normalized spacial score (nSPS) is 14.3. The van der Waals surface area contributed by atoms with Gasteiger partial charge in [0, 0.05) is 12.8 Å². The number of ketones is 2. The van der Waals surface area contributed by atoms with Crippen LogP contribution in [0.2, 0.25) is 0 Å². The van der Waals surface area contributed by atoms with E-state index in [1.807, 2.05) is 21.1 Å². The first-order valence-electron chi connectivity index (χ1n) is 18.7. The Bertz CT molecular complexity index is 778. The van der Waals surface area contributed by atoms with Crippen LogP contribution in [0.1, 0.15) is 168 Å². The number of rotatable bonds is 34. The average Bonchev–Trinajstić information content (AvgIpc) is 2.99. The molecule has 0 heterocycles. The van der Waals surface area contributed by atoms with Crippen molar-refractivity contribution in [3.8, 4) is 0 Å². The first-order chi connectivity index (χ1) is 21.9. The summed E-state index contributed by atoms with van der Waals surface area (Å²) in [5.41, 5.74) is -2.71. The van der Waals surface area contributed by atoms with E-state index in [9.17, 15) is 29.3 Å². The summed E-state index contributed by atoms with van der Waals surface area (Å²) in [4.78, 5) is 40.2. The van der Waals surface area contributed by atoms with E-state index < -0.39 is 37.7 Å². The lowest BCUT2D eigenvalue weighted by atomic mass is 9.82. The monoisotopic (exact) mass is 677 g/mol. The van der Waals surface area contributed by atoms with Crippen molar-refractivity contribution in [3.05, 3.63) is 0 Å². The number of carbonyl (C=O) groups excluding carboxylic acids is 2. The molecule has 2 unspecified atom stereocenters. The van der Waals surface area contributed by atoms with Crippen molar-refractivity contribution in [1.82, 2.24) is 0 Å². The van der Waals surface area contributed by atoms with Crippen LogP contribution in [0.4, 0.5) is 0 Å². The van der Waals surface area contributed by atoms with Gasteiger partial charge in [0.15, 0.2) is 11.6 Å². The molecule has 274 valence electrons. The number of Topliss-reactive ketones (excluding diaryl/α,β-unsaturated/α-hetero) is 2. The molecule has 0 spiro atoms. The minimum absolute atomic E-state index is 0.128. The van der Waals surface area contributed by atoms with E-state index in [1.165, 1.54) is 77.0 Å². The predicted octanol–water partition coefficient (Wildman–Crippen LogP) is 7.83. The number of phosphoric acid groups is 1. The molecule has 0 amide bonds. The Balaban J connectivity index is 5.21. The van der Waals surface area contributed by atoms with Crippen molar-refractivity contribution in [3.63, 3.8) is 0 Å². The van der Waals surface area contributed by atoms with Crippen molar-refractivity contribution in [1.29, 1.82) is 0 Å². The SMILES string of the molecule is CCCCCCCCCCCCCC(=O)C(OP(=O)([O-])OCC[N+](C)(C)C)(C(=O)CCCCCCCCCCCCC)C(O)CO. The molecule has 0 aromatic carbocycles. The molecule has 2 atom stereocenters. The maximum atomic E-state index is 13.6. The molecule has 0 bridgehead atoms. The van der Waals surface area contributed by atoms with Crippen LogP contribution in [0.5, 0.6) is 0 Å². The van der Waals surface area contributed by atoms with E-state index in [2.05, 4.69) is 13.8 Å². The first kappa shape index (κ1) is 45.3. The molecule has 0 saturated heterocycles. The van der Waals surface area contributed by atoms with Gasteiger partial charge < -0.3 is 24.1 Å². The lowest BCUT2D eigenvalue weighted by Gasteiger charge is -2.39. The number of likely N-dealkylation sites (N-methyl/N-ethyl adjacent to an activating group) is 1. The number of nitrogens with zero attached hydrogens (tertiary/aromatic N) is 1. The fourth-order valence-electron chi connectivity index (χ4n) is 5.72. The zero-order valence-corrected chi connectivity index (χ0v) is 31.3. The molecule has 10 heteroatoms. The minimum atomic E-state index is -5.18. The third kappa shape index (κ3) is 22.1. The number of carbonyl (C=O) groups is 2. The van der Waals surface area contributed by atoms with Crippen LogP contribution in [-0.2, 0) is 23.2 Å². The van der Waals surface area contributed by atoms with Gasteiger partial charge in [-0.25, -0.2) is 0 Å². The van der Waals surface area contributed by atoms with Gasteiger partial charge in [-0.1, -0.05) is 142 Å². The van der Waals surface area contributed by atoms with E-state index in [0.29, 0.717) is 23.9 Å². The number of aliphatic hydroxyl groups is 2. The third-order valence-corrected chi connectivity index (χ3v) is 9.76. The molecule has 0 aromatic heterocycles. The largest absolute Gasteiger partial charge is 0.756 e. The maximum absolute atomic E-state index is 13.6. The average molecular weight is 678 g/mol. The highest BCUT2D eigenvalue weighted by Crippen LogP contribution is 2.46. The number of quaternary nitrogens is 1. The van der Waals surface area contributed by atoms with Crippen LogP contribution in [0, 0.1) is 0 Å². The molecule has 2 N–H and O–H groups in total. The van der Waals surface area contributed by atoms with Crippen LogP contribution in [0.3, 0.4) is 0 Å². The minimum Gasteiger partial charge on any atom is -0.756 e. The third-order valence-electron chi connectivity index (χ3n) is 8.75. The molecule has 0 aliphatic carbocycles. The van der Waals surface area contributed by atoms with Crippen molar-refractivity contribution < 1.29 is 42.8 Å². The summed E-state index contributed by atoms with van der Waals surface area (Å²) < 4.78 is 23.7. The van der Waals surface area contributed by atoms with Gasteiger partial charge >= 0.3 is 0 Å². The van der Waals surface area contributed by atoms with Gasteiger partial charge in [0.05, 0.1) is 27.7 Å². The molecule has 0 rings (SSSR count). The molecule has 0 radical (unpaired) electrons. The summed E-state index contributed by atoms with van der Waals surface area (Å²) >= 11 is 0. The highest BCUT2D eigenvalue weighted by atomic mass is 31.2. The molecular formula is C36H72NO8P. The molecule has 0 aliphatic heterocycles. The fourth-order valence-corrected chi connectivity index (χ4v) is 6.75. The second-order valence-corrected chi connectivity index (χ2v) is 15.6. The van der Waals surface area contributed by atoms with Gasteiger partial charge in [-0.2, -0.15) is 0 Å². The zero-order valence-electron chi connectivity index (χ0n) is 30.4. The lowest BCUT2D eigenvalue weighted by molar-refractivity contribution is -0.870. The Kier molecular flexibility index (Phi) is 26.8. The molecule has 46 heavy (non-hydrogen) atoms. The van der Waals surface area contributed by atoms with Gasteiger partial charge in [0.25, 0.3) is 7.82 Å². The second kappa shape index (κ2) is 27.2. The highest BCUT2D eigenvalue weighted by molar-refractivity contribution is 7.46. The second-order valence-electron chi connectivity index (χ2n) is 14.2. The van der Waals surface area contributed by atoms with Gasteiger partial charge in [-0.3, -0.25) is 18.7 Å². The van der Waals surface area contributed by atoms with Crippen LogP contribution in [0.15, 0.2) is 0 Å². The van der Waals surface area contributed by atoms with Crippen molar-refractivity contribution in [2.75, 3.05) is 40.9 Å². The molecule has 0 saturated carbocycles. The number of hydrogen-bond donors (Lipinski definition) is 2. The topological polar surface area (TPSA) is 133 Å². The van der Waals surface area contributed by atoms with E-state index in [0.717, 1.165) is 51.4 Å². The van der Waals surface area contributed by atoms with Gasteiger partial charge in [0.1, 0.15) is 19.3 Å². The van der Waals surface area contributed by atoms with Gasteiger partial charge in [-0.15, -0.1) is 0 Å². The summed E-state index contributed by atoms with van der Waals surface area (Å²) in [5.74, 6) is -1.63. The van der Waals surface area contributed by atoms with Crippen LogP contribution < -0.4 is 4.89 Å². The number of unbranched alkanes of at least 4 members (excludes halogenated alkanes) is 20. The summed E-state index contributed by atoms with van der Waals surface area (Å²) in [6, 6.07) is 0. The number of phosphoric ester groups is 1. The van der Waals surface area contributed by atoms with E-state index >= 15 is 0 Å². The first-order valence-corrected chi connectivity index (χ1v) is 20.1. The Labute approximate surface area is 282 Å². The summed E-state index contributed by atoms with van der Waals surface area (Å²) in [5, 5.41) is 20.7. The fraction of sp³-hybridized carbons (Fsp3) is 0.944. The summed E-state index contributed by atoms with van der Waals surface area (Å²) in [6.07, 6.45) is 21.4. The standard InChI is InChI=1S/C36H72NO8P/c1-6-8-10-12-14-16-18-20-22-24-26-28-33(39)36(35(41)32-38,45-46(42,43)44-31-30-37(3,4)5)34(40)29-27-25-23-21-19-17-15-13-11-9-7-2/h35,38,41H,6-32H2,1-5H3. The Morgan fingerprint density at radius 3 is 1.30 bits per heavy atom. The predicted molar refractivity (Wildman–Crippen MR) is 186 cm³/mol. The quantitative estimate of drug-likeness (QED) is 0.0305. The van der Waals surface area contributed by atoms with Crippen LogP contribution in [-0.4, -0.2) is 78.9 Å². The van der Waals surface area contributed by atoms with Crippen LogP contribution in [0.25, 0.3) is 0 Å². The Morgan fingerprint density at radius 1 is 0.674 bits per heavy atom. The molecule has 9 nitrogen and oxygen atoms in total. The van der Waals surface area contributed by atoms with Gasteiger partial charge in [0.2, 0.25) is 5.60 Å².